The molecule has 0 N–H and O–H groups in total. The highest BCUT2D eigenvalue weighted by atomic mass is 79.9. The fourth-order valence-corrected chi connectivity index (χ4v) is 4.09. The third-order valence-corrected chi connectivity index (χ3v) is 5.22. The topological polar surface area (TPSA) is 0 Å². The Labute approximate surface area is 144 Å². The minimum absolute atomic E-state index is 0.0939. The third kappa shape index (κ3) is 2.87. The second kappa shape index (κ2) is 6.07. The van der Waals surface area contributed by atoms with Gasteiger partial charge in [-0.05, 0) is 34.7 Å². The third-order valence-electron chi connectivity index (χ3n) is 3.41. The molecule has 0 aromatic heterocycles. The SMILES string of the molecule is Fc1ccc(C(Br)c2ccc(Br)cc2Cl)c2ccccc12. The van der Waals surface area contributed by atoms with E-state index in [2.05, 4.69) is 31.9 Å². The Bertz CT molecular complexity index is 817. The number of halogens is 4. The lowest BCUT2D eigenvalue weighted by Gasteiger charge is -2.15. The Kier molecular flexibility index (Phi) is 4.34. The van der Waals surface area contributed by atoms with Gasteiger partial charge in [0, 0.05) is 14.9 Å². The molecular weight excluding hydrogens is 418 g/mol. The Hall–Kier alpha value is -0.900. The highest BCUT2D eigenvalue weighted by Crippen LogP contribution is 2.39. The maximum Gasteiger partial charge on any atom is 0.131 e. The van der Waals surface area contributed by atoms with Gasteiger partial charge in [0.15, 0.2) is 0 Å². The van der Waals surface area contributed by atoms with Crippen LogP contribution in [-0.2, 0) is 0 Å². The summed E-state index contributed by atoms with van der Waals surface area (Å²) in [7, 11) is 0. The van der Waals surface area contributed by atoms with E-state index >= 15 is 0 Å². The van der Waals surface area contributed by atoms with Crippen molar-refractivity contribution in [3.05, 3.63) is 81.0 Å². The van der Waals surface area contributed by atoms with Crippen molar-refractivity contribution in [2.75, 3.05) is 0 Å². The highest BCUT2D eigenvalue weighted by Gasteiger charge is 2.17. The molecule has 0 bridgehead atoms. The maximum absolute atomic E-state index is 13.9. The molecule has 0 fully saturated rings. The van der Waals surface area contributed by atoms with Gasteiger partial charge in [0.05, 0.1) is 4.83 Å². The zero-order valence-electron chi connectivity index (χ0n) is 10.8. The normalized spacial score (nSPS) is 12.6. The van der Waals surface area contributed by atoms with Gasteiger partial charge in [-0.1, -0.05) is 79.9 Å². The average Bonchev–Trinajstić information content (AvgIpc) is 2.47. The molecule has 3 rings (SSSR count). The van der Waals surface area contributed by atoms with E-state index in [0.717, 1.165) is 21.0 Å². The summed E-state index contributed by atoms with van der Waals surface area (Å²) in [5, 5.41) is 2.17. The average molecular weight is 429 g/mol. The molecule has 0 radical (unpaired) electrons. The van der Waals surface area contributed by atoms with E-state index in [0.29, 0.717) is 10.4 Å². The second-order valence-electron chi connectivity index (χ2n) is 4.71. The maximum atomic E-state index is 13.9. The number of hydrogen-bond acceptors (Lipinski definition) is 0. The van der Waals surface area contributed by atoms with Crippen LogP contribution in [-0.4, -0.2) is 0 Å². The van der Waals surface area contributed by atoms with Crippen LogP contribution in [0.5, 0.6) is 0 Å². The molecule has 0 nitrogen and oxygen atoms in total. The van der Waals surface area contributed by atoms with Crippen molar-refractivity contribution in [3.63, 3.8) is 0 Å². The van der Waals surface area contributed by atoms with Crippen LogP contribution in [0, 0.1) is 5.82 Å². The van der Waals surface area contributed by atoms with Gasteiger partial charge in [-0.15, -0.1) is 0 Å². The quantitative estimate of drug-likeness (QED) is 0.390. The summed E-state index contributed by atoms with van der Waals surface area (Å²) in [6.07, 6.45) is 0. The van der Waals surface area contributed by atoms with E-state index in [1.165, 1.54) is 6.07 Å². The van der Waals surface area contributed by atoms with E-state index in [-0.39, 0.29) is 10.6 Å². The van der Waals surface area contributed by atoms with Crippen LogP contribution in [0.4, 0.5) is 4.39 Å². The molecule has 4 heteroatoms. The van der Waals surface area contributed by atoms with Crippen LogP contribution in [0.1, 0.15) is 16.0 Å². The molecule has 0 saturated heterocycles. The molecular formula is C17H10Br2ClF. The first-order chi connectivity index (χ1) is 10.1. The first-order valence-corrected chi connectivity index (χ1v) is 8.43. The Balaban J connectivity index is 2.18. The van der Waals surface area contributed by atoms with Crippen molar-refractivity contribution >= 4 is 54.2 Å². The molecule has 0 aliphatic heterocycles. The van der Waals surface area contributed by atoms with Crippen LogP contribution in [0.2, 0.25) is 5.02 Å². The summed E-state index contributed by atoms with van der Waals surface area (Å²) < 4.78 is 14.8. The van der Waals surface area contributed by atoms with Crippen molar-refractivity contribution in [1.82, 2.24) is 0 Å². The summed E-state index contributed by atoms with van der Waals surface area (Å²) in [6.45, 7) is 0. The number of rotatable bonds is 2. The highest BCUT2D eigenvalue weighted by molar-refractivity contribution is 9.10. The van der Waals surface area contributed by atoms with E-state index in [1.807, 2.05) is 36.4 Å². The first-order valence-electron chi connectivity index (χ1n) is 6.34. The minimum atomic E-state index is -0.212. The molecule has 3 aromatic rings. The lowest BCUT2D eigenvalue weighted by Crippen LogP contribution is -1.96. The Morgan fingerprint density at radius 1 is 0.905 bits per heavy atom. The number of hydrogen-bond donors (Lipinski definition) is 0. The van der Waals surface area contributed by atoms with E-state index in [4.69, 9.17) is 11.6 Å². The molecule has 0 aliphatic carbocycles. The molecule has 0 spiro atoms. The van der Waals surface area contributed by atoms with Gasteiger partial charge in [0.1, 0.15) is 5.82 Å². The predicted molar refractivity (Wildman–Crippen MR) is 93.8 cm³/mol. The van der Waals surface area contributed by atoms with Gasteiger partial charge in [0.25, 0.3) is 0 Å². The summed E-state index contributed by atoms with van der Waals surface area (Å²) in [5.74, 6) is -0.212. The summed E-state index contributed by atoms with van der Waals surface area (Å²) >= 11 is 13.4. The summed E-state index contributed by atoms with van der Waals surface area (Å²) in [5.41, 5.74) is 1.95. The van der Waals surface area contributed by atoms with Crippen molar-refractivity contribution in [3.8, 4) is 0 Å². The fraction of sp³-hybridized carbons (Fsp3) is 0.0588. The second-order valence-corrected chi connectivity index (χ2v) is 6.95. The molecule has 106 valence electrons. The van der Waals surface area contributed by atoms with Crippen LogP contribution < -0.4 is 0 Å². The van der Waals surface area contributed by atoms with Gasteiger partial charge in [-0.25, -0.2) is 4.39 Å². The van der Waals surface area contributed by atoms with Gasteiger partial charge < -0.3 is 0 Å². The number of benzene rings is 3. The Morgan fingerprint density at radius 3 is 2.29 bits per heavy atom. The predicted octanol–water partition coefficient (Wildman–Crippen LogP) is 6.88. The molecule has 0 aliphatic rings. The zero-order valence-corrected chi connectivity index (χ0v) is 14.7. The smallest absolute Gasteiger partial charge is 0.131 e. The summed E-state index contributed by atoms with van der Waals surface area (Å²) in [4.78, 5) is -0.0939. The lowest BCUT2D eigenvalue weighted by atomic mass is 9.98. The molecule has 1 unspecified atom stereocenters. The number of alkyl halides is 1. The van der Waals surface area contributed by atoms with Crippen LogP contribution >= 0.6 is 43.5 Å². The van der Waals surface area contributed by atoms with Crippen LogP contribution in [0.25, 0.3) is 10.8 Å². The Morgan fingerprint density at radius 2 is 1.57 bits per heavy atom. The monoisotopic (exact) mass is 426 g/mol. The number of fused-ring (bicyclic) bond motifs is 1. The molecule has 0 saturated carbocycles. The van der Waals surface area contributed by atoms with E-state index in [9.17, 15) is 4.39 Å². The van der Waals surface area contributed by atoms with Crippen LogP contribution in [0.15, 0.2) is 59.1 Å². The fourth-order valence-electron chi connectivity index (χ4n) is 2.38. The molecule has 0 amide bonds. The molecule has 21 heavy (non-hydrogen) atoms. The summed E-state index contributed by atoms with van der Waals surface area (Å²) in [6, 6.07) is 16.5. The van der Waals surface area contributed by atoms with E-state index < -0.39 is 0 Å². The van der Waals surface area contributed by atoms with Crippen molar-refractivity contribution < 1.29 is 4.39 Å². The van der Waals surface area contributed by atoms with Gasteiger partial charge in [0.2, 0.25) is 0 Å². The van der Waals surface area contributed by atoms with Crippen molar-refractivity contribution in [1.29, 1.82) is 0 Å². The molecule has 0 heterocycles. The molecule has 3 aromatic carbocycles. The largest absolute Gasteiger partial charge is 0.206 e. The van der Waals surface area contributed by atoms with Crippen molar-refractivity contribution in [2.45, 2.75) is 4.83 Å². The first kappa shape index (κ1) is 15.0. The van der Waals surface area contributed by atoms with Gasteiger partial charge in [-0.2, -0.15) is 0 Å². The minimum Gasteiger partial charge on any atom is -0.206 e. The van der Waals surface area contributed by atoms with E-state index in [1.54, 1.807) is 12.1 Å². The lowest BCUT2D eigenvalue weighted by molar-refractivity contribution is 0.639. The van der Waals surface area contributed by atoms with Gasteiger partial charge in [-0.3, -0.25) is 0 Å². The molecule has 1 atom stereocenters. The van der Waals surface area contributed by atoms with Crippen molar-refractivity contribution in [2.24, 2.45) is 0 Å². The van der Waals surface area contributed by atoms with Gasteiger partial charge >= 0.3 is 0 Å². The standard InChI is InChI=1S/C17H10Br2ClF/c18-10-5-6-14(15(20)9-10)17(19)13-7-8-16(21)12-4-2-1-3-11(12)13/h1-9,17H. The zero-order chi connectivity index (χ0) is 15.0. The van der Waals surface area contributed by atoms with Crippen LogP contribution in [0.3, 0.4) is 0 Å².